The highest BCUT2D eigenvalue weighted by Gasteiger charge is 2.22. The van der Waals surface area contributed by atoms with Gasteiger partial charge in [0.2, 0.25) is 5.91 Å². The first-order valence-corrected chi connectivity index (χ1v) is 7.26. The Bertz CT molecular complexity index is 388. The van der Waals surface area contributed by atoms with Crippen LogP contribution in [0.5, 0.6) is 5.75 Å². The number of para-hydroxylation sites is 1. The van der Waals surface area contributed by atoms with E-state index in [1.807, 2.05) is 44.2 Å². The summed E-state index contributed by atoms with van der Waals surface area (Å²) < 4.78 is 5.51. The molecule has 2 N–H and O–H groups in total. The van der Waals surface area contributed by atoms with E-state index < -0.39 is 5.60 Å². The third-order valence-corrected chi connectivity index (χ3v) is 3.49. The lowest BCUT2D eigenvalue weighted by Crippen LogP contribution is -2.42. The molecule has 0 unspecified atom stereocenters. The summed E-state index contributed by atoms with van der Waals surface area (Å²) in [6, 6.07) is 9.55. The second-order valence-electron chi connectivity index (χ2n) is 4.97. The molecule has 0 spiro atoms. The van der Waals surface area contributed by atoms with E-state index in [0.717, 1.165) is 5.75 Å². The molecular weight excluding hydrogens is 254 g/mol. The number of hydrogen-bond donors (Lipinski definition) is 2. The smallest absolute Gasteiger partial charge is 0.220 e. The van der Waals surface area contributed by atoms with E-state index in [-0.39, 0.29) is 5.91 Å². The van der Waals surface area contributed by atoms with Gasteiger partial charge in [0.05, 0.1) is 12.2 Å². The molecule has 0 aliphatic heterocycles. The van der Waals surface area contributed by atoms with Gasteiger partial charge in [0.15, 0.2) is 0 Å². The molecule has 0 aliphatic carbocycles. The maximum atomic E-state index is 11.7. The summed E-state index contributed by atoms with van der Waals surface area (Å²) in [5, 5.41) is 12.8. The number of rotatable bonds is 9. The van der Waals surface area contributed by atoms with Crippen LogP contribution in [0.4, 0.5) is 0 Å². The highest BCUT2D eigenvalue weighted by Crippen LogP contribution is 2.13. The molecule has 1 aromatic carbocycles. The number of hydrogen-bond acceptors (Lipinski definition) is 3. The summed E-state index contributed by atoms with van der Waals surface area (Å²) >= 11 is 0. The predicted molar refractivity (Wildman–Crippen MR) is 79.7 cm³/mol. The first kappa shape index (κ1) is 16.5. The molecule has 112 valence electrons. The van der Waals surface area contributed by atoms with Crippen molar-refractivity contribution in [2.45, 2.75) is 45.1 Å². The zero-order chi connectivity index (χ0) is 14.8. The van der Waals surface area contributed by atoms with Gasteiger partial charge in [-0.15, -0.1) is 0 Å². The van der Waals surface area contributed by atoms with Crippen molar-refractivity contribution in [3.8, 4) is 5.75 Å². The number of carbonyl (C=O) groups is 1. The average molecular weight is 279 g/mol. The number of aliphatic hydroxyl groups is 1. The van der Waals surface area contributed by atoms with E-state index in [2.05, 4.69) is 5.32 Å². The molecule has 0 aromatic heterocycles. The monoisotopic (exact) mass is 279 g/mol. The number of benzene rings is 1. The first-order valence-electron chi connectivity index (χ1n) is 7.26. The molecular formula is C16H25NO3. The van der Waals surface area contributed by atoms with Gasteiger partial charge in [0.1, 0.15) is 5.75 Å². The Balaban J connectivity index is 2.14. The van der Waals surface area contributed by atoms with Crippen molar-refractivity contribution in [3.63, 3.8) is 0 Å². The van der Waals surface area contributed by atoms with Crippen LogP contribution >= 0.6 is 0 Å². The normalized spacial score (nSPS) is 11.2. The Kier molecular flexibility index (Phi) is 7.09. The topological polar surface area (TPSA) is 58.6 Å². The van der Waals surface area contributed by atoms with Crippen molar-refractivity contribution in [1.29, 1.82) is 0 Å². The van der Waals surface area contributed by atoms with Gasteiger partial charge in [-0.25, -0.2) is 0 Å². The number of nitrogens with one attached hydrogen (secondary N) is 1. The van der Waals surface area contributed by atoms with Crippen LogP contribution in [-0.4, -0.2) is 29.8 Å². The van der Waals surface area contributed by atoms with Crippen LogP contribution in [0.1, 0.15) is 39.5 Å². The van der Waals surface area contributed by atoms with Gasteiger partial charge in [0, 0.05) is 13.0 Å². The average Bonchev–Trinajstić information content (AvgIpc) is 2.50. The molecule has 0 saturated carbocycles. The van der Waals surface area contributed by atoms with Crippen molar-refractivity contribution in [3.05, 3.63) is 30.3 Å². The summed E-state index contributed by atoms with van der Waals surface area (Å²) in [6.07, 6.45) is 2.36. The van der Waals surface area contributed by atoms with Gasteiger partial charge in [-0.05, 0) is 31.4 Å². The van der Waals surface area contributed by atoms with Crippen LogP contribution in [0, 0.1) is 0 Å². The van der Waals surface area contributed by atoms with Crippen LogP contribution in [0.2, 0.25) is 0 Å². The molecule has 0 aliphatic rings. The molecule has 0 radical (unpaired) electrons. The molecule has 0 heterocycles. The molecule has 4 nitrogen and oxygen atoms in total. The SMILES string of the molecule is CCC(O)(CC)CNC(=O)CCCOc1ccccc1. The van der Waals surface area contributed by atoms with Crippen LogP contribution < -0.4 is 10.1 Å². The van der Waals surface area contributed by atoms with E-state index in [1.54, 1.807) is 0 Å². The van der Waals surface area contributed by atoms with Gasteiger partial charge in [0.25, 0.3) is 0 Å². The predicted octanol–water partition coefficient (Wildman–Crippen LogP) is 2.51. The fraction of sp³-hybridized carbons (Fsp3) is 0.562. The van der Waals surface area contributed by atoms with Crippen molar-refractivity contribution in [2.75, 3.05) is 13.2 Å². The third kappa shape index (κ3) is 6.06. The lowest BCUT2D eigenvalue weighted by molar-refractivity contribution is -0.122. The quantitative estimate of drug-likeness (QED) is 0.683. The first-order chi connectivity index (χ1) is 9.59. The molecule has 1 amide bonds. The molecule has 1 aromatic rings. The molecule has 20 heavy (non-hydrogen) atoms. The van der Waals surface area contributed by atoms with Gasteiger partial charge in [-0.2, -0.15) is 0 Å². The highest BCUT2D eigenvalue weighted by atomic mass is 16.5. The summed E-state index contributed by atoms with van der Waals surface area (Å²) in [5.74, 6) is 0.779. The summed E-state index contributed by atoms with van der Waals surface area (Å²) in [6.45, 7) is 4.67. The van der Waals surface area contributed by atoms with Gasteiger partial charge in [-0.3, -0.25) is 4.79 Å². The lowest BCUT2D eigenvalue weighted by atomic mass is 9.97. The lowest BCUT2D eigenvalue weighted by Gasteiger charge is -2.25. The van der Waals surface area contributed by atoms with Crippen LogP contribution in [0.15, 0.2) is 30.3 Å². The Hall–Kier alpha value is -1.55. The number of ether oxygens (including phenoxy) is 1. The Morgan fingerprint density at radius 1 is 1.25 bits per heavy atom. The molecule has 0 saturated heterocycles. The van der Waals surface area contributed by atoms with E-state index in [9.17, 15) is 9.90 Å². The number of amides is 1. The van der Waals surface area contributed by atoms with Crippen molar-refractivity contribution in [2.24, 2.45) is 0 Å². The van der Waals surface area contributed by atoms with Crippen LogP contribution in [-0.2, 0) is 4.79 Å². The molecule has 0 bridgehead atoms. The maximum Gasteiger partial charge on any atom is 0.220 e. The summed E-state index contributed by atoms with van der Waals surface area (Å²) in [7, 11) is 0. The molecule has 4 heteroatoms. The molecule has 0 atom stereocenters. The van der Waals surface area contributed by atoms with E-state index >= 15 is 0 Å². The number of carbonyl (C=O) groups excluding carboxylic acids is 1. The minimum absolute atomic E-state index is 0.0398. The maximum absolute atomic E-state index is 11.7. The largest absolute Gasteiger partial charge is 0.494 e. The van der Waals surface area contributed by atoms with Crippen LogP contribution in [0.25, 0.3) is 0 Å². The van der Waals surface area contributed by atoms with E-state index in [0.29, 0.717) is 38.8 Å². The third-order valence-electron chi connectivity index (χ3n) is 3.49. The fourth-order valence-corrected chi connectivity index (χ4v) is 1.79. The zero-order valence-electron chi connectivity index (χ0n) is 12.4. The second-order valence-corrected chi connectivity index (χ2v) is 4.97. The standard InChI is InChI=1S/C16H25NO3/c1-3-16(19,4-2)13-17-15(18)11-8-12-20-14-9-6-5-7-10-14/h5-7,9-10,19H,3-4,8,11-13H2,1-2H3,(H,17,18). The summed E-state index contributed by atoms with van der Waals surface area (Å²) in [4.78, 5) is 11.7. The van der Waals surface area contributed by atoms with E-state index in [4.69, 9.17) is 4.74 Å². The fourth-order valence-electron chi connectivity index (χ4n) is 1.79. The molecule has 0 fully saturated rings. The van der Waals surface area contributed by atoms with Gasteiger partial charge in [-0.1, -0.05) is 32.0 Å². The van der Waals surface area contributed by atoms with E-state index in [1.165, 1.54) is 0 Å². The van der Waals surface area contributed by atoms with Gasteiger partial charge >= 0.3 is 0 Å². The second kappa shape index (κ2) is 8.59. The Labute approximate surface area is 121 Å². The van der Waals surface area contributed by atoms with Crippen molar-refractivity contribution < 1.29 is 14.6 Å². The Morgan fingerprint density at radius 2 is 1.90 bits per heavy atom. The van der Waals surface area contributed by atoms with Gasteiger partial charge < -0.3 is 15.2 Å². The molecule has 1 rings (SSSR count). The Morgan fingerprint density at radius 3 is 2.50 bits per heavy atom. The minimum atomic E-state index is -0.782. The van der Waals surface area contributed by atoms with Crippen molar-refractivity contribution in [1.82, 2.24) is 5.32 Å². The summed E-state index contributed by atoms with van der Waals surface area (Å²) in [5.41, 5.74) is -0.782. The zero-order valence-corrected chi connectivity index (χ0v) is 12.4. The minimum Gasteiger partial charge on any atom is -0.494 e. The van der Waals surface area contributed by atoms with Crippen LogP contribution in [0.3, 0.4) is 0 Å². The van der Waals surface area contributed by atoms with Crippen molar-refractivity contribution >= 4 is 5.91 Å². The highest BCUT2D eigenvalue weighted by molar-refractivity contribution is 5.75.